The molecule has 3 nitrogen and oxygen atoms in total. The first-order valence-electron chi connectivity index (χ1n) is 6.22. The fourth-order valence-corrected chi connectivity index (χ4v) is 2.41. The van der Waals surface area contributed by atoms with Gasteiger partial charge in [-0.2, -0.15) is 0 Å². The van der Waals surface area contributed by atoms with Gasteiger partial charge in [0.25, 0.3) is 0 Å². The summed E-state index contributed by atoms with van der Waals surface area (Å²) in [5.41, 5.74) is 0.765. The van der Waals surface area contributed by atoms with Gasteiger partial charge in [0.1, 0.15) is 6.10 Å². The van der Waals surface area contributed by atoms with E-state index in [1.807, 2.05) is 0 Å². The smallest absolute Gasteiger partial charge is 0.232 e. The molecule has 0 spiro atoms. The standard InChI is InChI=1S/C13H19ClN2O/c1-9-3-4-12(5-10(9)2)17-13-8-15-7-11(6-14)16-13/h7-10,12H,3-6H2,1-2H3. The zero-order valence-corrected chi connectivity index (χ0v) is 11.2. The fourth-order valence-electron chi connectivity index (χ4n) is 2.28. The summed E-state index contributed by atoms with van der Waals surface area (Å²) in [5, 5.41) is 0. The molecule has 0 aliphatic heterocycles. The zero-order valence-electron chi connectivity index (χ0n) is 10.4. The summed E-state index contributed by atoms with van der Waals surface area (Å²) >= 11 is 5.73. The quantitative estimate of drug-likeness (QED) is 0.776. The van der Waals surface area contributed by atoms with Crippen LogP contribution in [0.4, 0.5) is 0 Å². The summed E-state index contributed by atoms with van der Waals surface area (Å²) in [4.78, 5) is 8.40. The SMILES string of the molecule is CC1CCC(Oc2cncc(CCl)n2)CC1C. The van der Waals surface area contributed by atoms with Gasteiger partial charge in [-0.1, -0.05) is 13.8 Å². The van der Waals surface area contributed by atoms with E-state index in [1.54, 1.807) is 12.4 Å². The number of ether oxygens (including phenoxy) is 1. The van der Waals surface area contributed by atoms with Gasteiger partial charge in [0, 0.05) is 6.20 Å². The molecule has 1 heterocycles. The maximum absolute atomic E-state index is 5.88. The van der Waals surface area contributed by atoms with Crippen LogP contribution in [0.25, 0.3) is 0 Å². The highest BCUT2D eigenvalue weighted by atomic mass is 35.5. The minimum Gasteiger partial charge on any atom is -0.473 e. The van der Waals surface area contributed by atoms with Crippen LogP contribution in [0.15, 0.2) is 12.4 Å². The molecule has 1 aliphatic carbocycles. The molecule has 0 saturated heterocycles. The van der Waals surface area contributed by atoms with Gasteiger partial charge in [0.2, 0.25) is 5.88 Å². The van der Waals surface area contributed by atoms with Crippen LogP contribution in [0.2, 0.25) is 0 Å². The zero-order chi connectivity index (χ0) is 12.3. The van der Waals surface area contributed by atoms with Crippen LogP contribution >= 0.6 is 11.6 Å². The highest BCUT2D eigenvalue weighted by Crippen LogP contribution is 2.31. The summed E-state index contributed by atoms with van der Waals surface area (Å²) in [7, 11) is 0. The van der Waals surface area contributed by atoms with Gasteiger partial charge in [-0.25, -0.2) is 4.98 Å². The topological polar surface area (TPSA) is 35.0 Å². The van der Waals surface area contributed by atoms with E-state index in [0.717, 1.165) is 30.4 Å². The van der Waals surface area contributed by atoms with Crippen molar-refractivity contribution in [3.05, 3.63) is 18.1 Å². The number of hydrogen-bond acceptors (Lipinski definition) is 3. The maximum atomic E-state index is 5.88. The molecule has 4 heteroatoms. The Hall–Kier alpha value is -0.830. The third kappa shape index (κ3) is 3.32. The largest absolute Gasteiger partial charge is 0.473 e. The molecule has 0 bridgehead atoms. The van der Waals surface area contributed by atoms with E-state index in [2.05, 4.69) is 23.8 Å². The Morgan fingerprint density at radius 3 is 2.82 bits per heavy atom. The van der Waals surface area contributed by atoms with E-state index >= 15 is 0 Å². The molecule has 1 aromatic rings. The minimum atomic E-state index is 0.279. The third-order valence-electron chi connectivity index (χ3n) is 3.64. The van der Waals surface area contributed by atoms with Crippen LogP contribution in [-0.4, -0.2) is 16.1 Å². The van der Waals surface area contributed by atoms with Crippen LogP contribution in [0.1, 0.15) is 38.8 Å². The van der Waals surface area contributed by atoms with Gasteiger partial charge in [-0.15, -0.1) is 11.6 Å². The molecule has 0 N–H and O–H groups in total. The average molecular weight is 255 g/mol. The molecule has 0 amide bonds. The third-order valence-corrected chi connectivity index (χ3v) is 3.91. The predicted molar refractivity (Wildman–Crippen MR) is 68.2 cm³/mol. The van der Waals surface area contributed by atoms with Crippen molar-refractivity contribution in [3.63, 3.8) is 0 Å². The normalized spacial score (nSPS) is 29.0. The summed E-state index contributed by atoms with van der Waals surface area (Å²) in [6, 6.07) is 0. The van der Waals surface area contributed by atoms with Crippen molar-refractivity contribution in [1.29, 1.82) is 0 Å². The number of alkyl halides is 1. The molecule has 2 rings (SSSR count). The average Bonchev–Trinajstić information content (AvgIpc) is 2.34. The number of nitrogens with zero attached hydrogens (tertiary/aromatic N) is 2. The molecule has 1 aromatic heterocycles. The van der Waals surface area contributed by atoms with Gasteiger partial charge in [0.15, 0.2) is 0 Å². The molecule has 0 aromatic carbocycles. The van der Waals surface area contributed by atoms with E-state index in [4.69, 9.17) is 16.3 Å². The second kappa shape index (κ2) is 5.67. The van der Waals surface area contributed by atoms with Gasteiger partial charge < -0.3 is 4.74 Å². The number of rotatable bonds is 3. The maximum Gasteiger partial charge on any atom is 0.232 e. The minimum absolute atomic E-state index is 0.279. The number of halogens is 1. The lowest BCUT2D eigenvalue weighted by atomic mass is 9.80. The molecule has 1 saturated carbocycles. The van der Waals surface area contributed by atoms with Crippen molar-refractivity contribution in [3.8, 4) is 5.88 Å². The Morgan fingerprint density at radius 1 is 1.29 bits per heavy atom. The molecule has 1 aliphatic rings. The van der Waals surface area contributed by atoms with E-state index in [0.29, 0.717) is 11.8 Å². The summed E-state index contributed by atoms with van der Waals surface area (Å²) in [5.74, 6) is 2.51. The van der Waals surface area contributed by atoms with Gasteiger partial charge in [-0.05, 0) is 31.1 Å². The molecule has 3 atom stereocenters. The van der Waals surface area contributed by atoms with E-state index < -0.39 is 0 Å². The summed E-state index contributed by atoms with van der Waals surface area (Å²) in [6.45, 7) is 4.61. The lowest BCUT2D eigenvalue weighted by Crippen LogP contribution is -2.29. The van der Waals surface area contributed by atoms with Crippen LogP contribution < -0.4 is 4.74 Å². The van der Waals surface area contributed by atoms with Gasteiger partial charge in [-0.3, -0.25) is 4.98 Å². The van der Waals surface area contributed by atoms with Gasteiger partial charge >= 0.3 is 0 Å². The first-order chi connectivity index (χ1) is 8.19. The summed E-state index contributed by atoms with van der Waals surface area (Å²) < 4.78 is 5.88. The van der Waals surface area contributed by atoms with Crippen LogP contribution in [0.5, 0.6) is 5.88 Å². The van der Waals surface area contributed by atoms with Crippen molar-refractivity contribution in [2.24, 2.45) is 11.8 Å². The molecule has 17 heavy (non-hydrogen) atoms. The molecular formula is C13H19ClN2O. The first-order valence-corrected chi connectivity index (χ1v) is 6.76. The van der Waals surface area contributed by atoms with Crippen LogP contribution in [-0.2, 0) is 5.88 Å². The van der Waals surface area contributed by atoms with Crippen molar-refractivity contribution >= 4 is 11.6 Å². The van der Waals surface area contributed by atoms with Gasteiger partial charge in [0.05, 0.1) is 17.8 Å². The van der Waals surface area contributed by atoms with E-state index in [1.165, 1.54) is 6.42 Å². The second-order valence-corrected chi connectivity index (χ2v) is 5.26. The molecular weight excluding hydrogens is 236 g/mol. The Morgan fingerprint density at radius 2 is 2.12 bits per heavy atom. The lowest BCUT2D eigenvalue weighted by Gasteiger charge is -2.31. The van der Waals surface area contributed by atoms with E-state index in [9.17, 15) is 0 Å². The Balaban J connectivity index is 1.96. The number of hydrogen-bond donors (Lipinski definition) is 0. The monoisotopic (exact) mass is 254 g/mol. The molecule has 1 fully saturated rings. The van der Waals surface area contributed by atoms with E-state index in [-0.39, 0.29) is 6.10 Å². The van der Waals surface area contributed by atoms with Crippen LogP contribution in [0.3, 0.4) is 0 Å². The van der Waals surface area contributed by atoms with Crippen LogP contribution in [0, 0.1) is 11.8 Å². The Kier molecular flexibility index (Phi) is 4.21. The molecule has 0 radical (unpaired) electrons. The van der Waals surface area contributed by atoms with Crippen molar-refractivity contribution in [1.82, 2.24) is 9.97 Å². The molecule has 94 valence electrons. The first kappa shape index (κ1) is 12.6. The Bertz CT molecular complexity index is 372. The van der Waals surface area contributed by atoms with Crippen molar-refractivity contribution in [2.45, 2.75) is 45.1 Å². The van der Waals surface area contributed by atoms with Crippen molar-refractivity contribution < 1.29 is 4.74 Å². The predicted octanol–water partition coefficient (Wildman–Crippen LogP) is 3.42. The lowest BCUT2D eigenvalue weighted by molar-refractivity contribution is 0.0959. The summed E-state index contributed by atoms with van der Waals surface area (Å²) in [6.07, 6.45) is 7.06. The fraction of sp³-hybridized carbons (Fsp3) is 0.692. The van der Waals surface area contributed by atoms with Crippen molar-refractivity contribution in [2.75, 3.05) is 0 Å². The second-order valence-electron chi connectivity index (χ2n) is 4.99. The Labute approximate surface area is 108 Å². The highest BCUT2D eigenvalue weighted by molar-refractivity contribution is 6.16. The highest BCUT2D eigenvalue weighted by Gasteiger charge is 2.26. The number of aromatic nitrogens is 2. The molecule has 3 unspecified atom stereocenters.